The van der Waals surface area contributed by atoms with Crippen molar-refractivity contribution in [3.05, 3.63) is 36.7 Å². The van der Waals surface area contributed by atoms with Crippen molar-refractivity contribution in [3.63, 3.8) is 0 Å². The third kappa shape index (κ3) is 1.99. The molecule has 0 saturated carbocycles. The molecule has 0 spiro atoms. The Hall–Kier alpha value is -1.51. The topological polar surface area (TPSA) is 38.0 Å². The van der Waals surface area contributed by atoms with E-state index in [4.69, 9.17) is 5.73 Å². The van der Waals surface area contributed by atoms with Crippen molar-refractivity contribution in [2.24, 2.45) is 0 Å². The van der Waals surface area contributed by atoms with E-state index in [1.165, 1.54) is 18.2 Å². The van der Waals surface area contributed by atoms with E-state index in [0.717, 1.165) is 0 Å². The molecule has 0 aliphatic rings. The lowest BCUT2D eigenvalue weighted by Gasteiger charge is -2.06. The highest BCUT2D eigenvalue weighted by atomic mass is 19.1. The Morgan fingerprint density at radius 1 is 1.58 bits per heavy atom. The van der Waals surface area contributed by atoms with Crippen LogP contribution in [0.15, 0.2) is 30.9 Å². The molecule has 64 valence electrons. The van der Waals surface area contributed by atoms with E-state index < -0.39 is 0 Å². The Balaban J connectivity index is 2.82. The first-order valence-electron chi connectivity index (χ1n) is 3.64. The summed E-state index contributed by atoms with van der Waals surface area (Å²) in [4.78, 5) is 0. The van der Waals surface area contributed by atoms with Crippen LogP contribution in [0.25, 0.3) is 0 Å². The molecule has 1 aromatic carbocycles. The molecule has 3 N–H and O–H groups in total. The molecular weight excluding hydrogens is 155 g/mol. The molecule has 0 atom stereocenters. The van der Waals surface area contributed by atoms with E-state index in [0.29, 0.717) is 17.9 Å². The van der Waals surface area contributed by atoms with Crippen LogP contribution in [0.4, 0.5) is 15.8 Å². The SMILES string of the molecule is C=CCNc1cc(F)ccc1N. The number of rotatable bonds is 3. The number of hydrogen-bond acceptors (Lipinski definition) is 2. The van der Waals surface area contributed by atoms with Gasteiger partial charge in [-0.15, -0.1) is 6.58 Å². The minimum atomic E-state index is -0.296. The highest BCUT2D eigenvalue weighted by Crippen LogP contribution is 2.18. The maximum Gasteiger partial charge on any atom is 0.125 e. The van der Waals surface area contributed by atoms with Crippen LogP contribution in [0.5, 0.6) is 0 Å². The number of nitrogens with one attached hydrogen (secondary N) is 1. The lowest BCUT2D eigenvalue weighted by Crippen LogP contribution is -2.01. The summed E-state index contributed by atoms with van der Waals surface area (Å²) in [5.41, 5.74) is 6.71. The van der Waals surface area contributed by atoms with Crippen molar-refractivity contribution in [3.8, 4) is 0 Å². The van der Waals surface area contributed by atoms with Crippen LogP contribution in [-0.2, 0) is 0 Å². The molecule has 0 unspecified atom stereocenters. The first-order chi connectivity index (χ1) is 5.74. The molecule has 12 heavy (non-hydrogen) atoms. The van der Waals surface area contributed by atoms with Crippen molar-refractivity contribution in [2.45, 2.75) is 0 Å². The van der Waals surface area contributed by atoms with E-state index in [-0.39, 0.29) is 5.82 Å². The quantitative estimate of drug-likeness (QED) is 0.532. The first kappa shape index (κ1) is 8.59. The van der Waals surface area contributed by atoms with Gasteiger partial charge in [-0.05, 0) is 18.2 Å². The molecule has 0 radical (unpaired) electrons. The number of nitrogen functional groups attached to an aromatic ring is 1. The minimum absolute atomic E-state index is 0.296. The molecule has 2 nitrogen and oxygen atoms in total. The summed E-state index contributed by atoms with van der Waals surface area (Å²) in [5.74, 6) is -0.296. The Kier molecular flexibility index (Phi) is 2.69. The summed E-state index contributed by atoms with van der Waals surface area (Å²) in [5, 5.41) is 2.92. The van der Waals surface area contributed by atoms with Gasteiger partial charge in [0.1, 0.15) is 5.82 Å². The highest BCUT2D eigenvalue weighted by molar-refractivity contribution is 5.65. The maximum atomic E-state index is 12.7. The second-order valence-electron chi connectivity index (χ2n) is 2.40. The number of anilines is 2. The van der Waals surface area contributed by atoms with E-state index in [2.05, 4.69) is 11.9 Å². The largest absolute Gasteiger partial charge is 0.397 e. The van der Waals surface area contributed by atoms with Crippen LogP contribution < -0.4 is 11.1 Å². The van der Waals surface area contributed by atoms with Gasteiger partial charge in [-0.2, -0.15) is 0 Å². The molecule has 0 bridgehead atoms. The summed E-state index contributed by atoms with van der Waals surface area (Å²) in [6, 6.07) is 4.22. The first-order valence-corrected chi connectivity index (χ1v) is 3.64. The second kappa shape index (κ2) is 3.76. The average molecular weight is 166 g/mol. The number of hydrogen-bond donors (Lipinski definition) is 2. The lowest BCUT2D eigenvalue weighted by atomic mass is 10.2. The summed E-state index contributed by atoms with van der Waals surface area (Å²) < 4.78 is 12.7. The molecule has 0 saturated heterocycles. The number of halogens is 1. The van der Waals surface area contributed by atoms with Gasteiger partial charge < -0.3 is 11.1 Å². The van der Waals surface area contributed by atoms with Crippen molar-refractivity contribution < 1.29 is 4.39 Å². The van der Waals surface area contributed by atoms with E-state index in [1.54, 1.807) is 6.08 Å². The van der Waals surface area contributed by atoms with Crippen LogP contribution in [0.2, 0.25) is 0 Å². The Labute approximate surface area is 70.9 Å². The summed E-state index contributed by atoms with van der Waals surface area (Å²) in [6.45, 7) is 4.11. The predicted octanol–water partition coefficient (Wildman–Crippen LogP) is 2.01. The van der Waals surface area contributed by atoms with Crippen LogP contribution in [-0.4, -0.2) is 6.54 Å². The smallest absolute Gasteiger partial charge is 0.125 e. The zero-order chi connectivity index (χ0) is 8.97. The van der Waals surface area contributed by atoms with Crippen LogP contribution in [0.3, 0.4) is 0 Å². The molecule has 0 aliphatic carbocycles. The molecule has 1 aromatic rings. The molecule has 0 aromatic heterocycles. The maximum absolute atomic E-state index is 12.7. The average Bonchev–Trinajstić information content (AvgIpc) is 2.07. The summed E-state index contributed by atoms with van der Waals surface area (Å²) in [6.07, 6.45) is 1.68. The van der Waals surface area contributed by atoms with Gasteiger partial charge in [0.15, 0.2) is 0 Å². The fourth-order valence-electron chi connectivity index (χ4n) is 0.864. The van der Waals surface area contributed by atoms with Gasteiger partial charge in [-0.25, -0.2) is 4.39 Å². The lowest BCUT2D eigenvalue weighted by molar-refractivity contribution is 0.628. The molecule has 3 heteroatoms. The van der Waals surface area contributed by atoms with Crippen molar-refractivity contribution in [1.82, 2.24) is 0 Å². The van der Waals surface area contributed by atoms with Gasteiger partial charge >= 0.3 is 0 Å². The highest BCUT2D eigenvalue weighted by Gasteiger charge is 1.98. The molecule has 0 amide bonds. The minimum Gasteiger partial charge on any atom is -0.397 e. The van der Waals surface area contributed by atoms with E-state index in [1.807, 2.05) is 0 Å². The van der Waals surface area contributed by atoms with Gasteiger partial charge in [0, 0.05) is 6.54 Å². The zero-order valence-corrected chi connectivity index (χ0v) is 6.68. The molecule has 1 rings (SSSR count). The second-order valence-corrected chi connectivity index (χ2v) is 2.40. The fraction of sp³-hybridized carbons (Fsp3) is 0.111. The van der Waals surface area contributed by atoms with Gasteiger partial charge in [0.05, 0.1) is 11.4 Å². The fourth-order valence-corrected chi connectivity index (χ4v) is 0.864. The van der Waals surface area contributed by atoms with E-state index >= 15 is 0 Å². The summed E-state index contributed by atoms with van der Waals surface area (Å²) >= 11 is 0. The van der Waals surface area contributed by atoms with E-state index in [9.17, 15) is 4.39 Å². The van der Waals surface area contributed by atoms with Gasteiger partial charge in [0.2, 0.25) is 0 Å². The molecule has 0 fully saturated rings. The van der Waals surface area contributed by atoms with Crippen LogP contribution >= 0.6 is 0 Å². The number of benzene rings is 1. The molecule has 0 heterocycles. The Bertz CT molecular complexity index is 284. The van der Waals surface area contributed by atoms with Gasteiger partial charge in [-0.3, -0.25) is 0 Å². The zero-order valence-electron chi connectivity index (χ0n) is 6.68. The van der Waals surface area contributed by atoms with Crippen LogP contribution in [0, 0.1) is 5.82 Å². The van der Waals surface area contributed by atoms with Crippen molar-refractivity contribution in [2.75, 3.05) is 17.6 Å². The summed E-state index contributed by atoms with van der Waals surface area (Å²) in [7, 11) is 0. The predicted molar refractivity (Wildman–Crippen MR) is 49.5 cm³/mol. The Morgan fingerprint density at radius 3 is 3.00 bits per heavy atom. The van der Waals surface area contributed by atoms with Gasteiger partial charge in [-0.1, -0.05) is 6.08 Å². The van der Waals surface area contributed by atoms with Crippen LogP contribution in [0.1, 0.15) is 0 Å². The molecule has 0 aliphatic heterocycles. The normalized spacial score (nSPS) is 9.42. The Morgan fingerprint density at radius 2 is 2.33 bits per heavy atom. The molecular formula is C9H11FN2. The van der Waals surface area contributed by atoms with Gasteiger partial charge in [0.25, 0.3) is 0 Å². The standard InChI is InChI=1S/C9H11FN2/c1-2-5-12-9-6-7(10)3-4-8(9)11/h2-4,6,12H,1,5,11H2. The third-order valence-electron chi connectivity index (χ3n) is 1.45. The third-order valence-corrected chi connectivity index (χ3v) is 1.45. The van der Waals surface area contributed by atoms with Crippen molar-refractivity contribution >= 4 is 11.4 Å². The number of nitrogens with two attached hydrogens (primary N) is 1. The monoisotopic (exact) mass is 166 g/mol. The van der Waals surface area contributed by atoms with Crippen molar-refractivity contribution in [1.29, 1.82) is 0 Å².